The highest BCUT2D eigenvalue weighted by Gasteiger charge is 2.54. The molecule has 0 radical (unpaired) electrons. The number of benzene rings is 1. The van der Waals surface area contributed by atoms with Crippen LogP contribution in [0.25, 0.3) is 0 Å². The summed E-state index contributed by atoms with van der Waals surface area (Å²) < 4.78 is 69.9. The number of ether oxygens (including phenoxy) is 1. The van der Waals surface area contributed by atoms with Gasteiger partial charge < -0.3 is 9.84 Å². The Morgan fingerprint density at radius 3 is 2.38 bits per heavy atom. The molecule has 3 atom stereocenters. The number of carbonyl (C=O) groups is 1. The van der Waals surface area contributed by atoms with Crippen LogP contribution >= 0.6 is 0 Å². The molecule has 0 bridgehead atoms. The van der Waals surface area contributed by atoms with Gasteiger partial charge in [0.25, 0.3) is 0 Å². The van der Waals surface area contributed by atoms with Crippen LogP contribution in [-0.4, -0.2) is 62.0 Å². The minimum Gasteiger partial charge on any atom is -0.481 e. The van der Waals surface area contributed by atoms with Crippen molar-refractivity contribution in [1.82, 2.24) is 4.31 Å². The molecule has 10 heteroatoms. The van der Waals surface area contributed by atoms with Crippen molar-refractivity contribution in [2.24, 2.45) is 11.8 Å². The third-order valence-electron chi connectivity index (χ3n) is 4.45. The molecule has 1 saturated heterocycles. The molecule has 1 heterocycles. The number of aliphatic carboxylic acids is 1. The number of carboxylic acid groups (broad SMARTS) is 1. The predicted molar refractivity (Wildman–Crippen MR) is 87.0 cm³/mol. The summed E-state index contributed by atoms with van der Waals surface area (Å²) in [6, 6.07) is 8.93. The van der Waals surface area contributed by atoms with Crippen LogP contribution in [0.5, 0.6) is 0 Å². The smallest absolute Gasteiger partial charge is 0.393 e. The first-order valence-electron chi connectivity index (χ1n) is 7.88. The number of carboxylic acids is 1. The Balaban J connectivity index is 2.12. The van der Waals surface area contributed by atoms with Crippen LogP contribution < -0.4 is 0 Å². The van der Waals surface area contributed by atoms with E-state index in [0.29, 0.717) is 4.31 Å². The minimum absolute atomic E-state index is 0.273. The highest BCUT2D eigenvalue weighted by atomic mass is 32.2. The van der Waals surface area contributed by atoms with E-state index in [2.05, 4.69) is 0 Å². The second-order valence-corrected chi connectivity index (χ2v) is 8.25. The molecule has 0 aliphatic carbocycles. The van der Waals surface area contributed by atoms with Crippen LogP contribution in [0.4, 0.5) is 13.2 Å². The summed E-state index contributed by atoms with van der Waals surface area (Å²) in [5.41, 5.74) is 0.826. The molecule has 0 amide bonds. The van der Waals surface area contributed by atoms with Gasteiger partial charge in [-0.2, -0.15) is 13.2 Å². The number of sulfonamides is 1. The van der Waals surface area contributed by atoms with Crippen LogP contribution in [0.15, 0.2) is 30.3 Å². The largest absolute Gasteiger partial charge is 0.481 e. The molecule has 1 aliphatic rings. The Hall–Kier alpha value is -1.65. The number of hydrogen-bond acceptors (Lipinski definition) is 4. The van der Waals surface area contributed by atoms with Crippen molar-refractivity contribution in [3.8, 4) is 0 Å². The van der Waals surface area contributed by atoms with Crippen molar-refractivity contribution in [3.05, 3.63) is 35.9 Å². The number of halogens is 3. The van der Waals surface area contributed by atoms with Crippen molar-refractivity contribution in [1.29, 1.82) is 0 Å². The molecule has 2 rings (SSSR count). The second kappa shape index (κ2) is 7.93. The summed E-state index contributed by atoms with van der Waals surface area (Å²) >= 11 is 0. The molecule has 0 aromatic heterocycles. The van der Waals surface area contributed by atoms with Gasteiger partial charge in [-0.1, -0.05) is 30.3 Å². The number of rotatable bonds is 7. The van der Waals surface area contributed by atoms with Crippen LogP contribution in [0.3, 0.4) is 0 Å². The van der Waals surface area contributed by atoms with Crippen LogP contribution in [0.2, 0.25) is 0 Å². The number of alkyl halides is 3. The lowest BCUT2D eigenvalue weighted by atomic mass is 9.96. The van der Waals surface area contributed by atoms with Crippen LogP contribution in [-0.2, 0) is 26.0 Å². The van der Waals surface area contributed by atoms with Crippen molar-refractivity contribution in [3.63, 3.8) is 0 Å². The maximum absolute atomic E-state index is 13.0. The Bertz CT molecular complexity index is 723. The van der Waals surface area contributed by atoms with Crippen molar-refractivity contribution >= 4 is 16.0 Å². The van der Waals surface area contributed by atoms with Crippen molar-refractivity contribution in [2.75, 3.05) is 26.0 Å². The lowest BCUT2D eigenvalue weighted by molar-refractivity contribution is -0.187. The van der Waals surface area contributed by atoms with E-state index in [-0.39, 0.29) is 6.42 Å². The fraction of sp³-hybridized carbons (Fsp3) is 0.562. The Morgan fingerprint density at radius 2 is 1.92 bits per heavy atom. The Morgan fingerprint density at radius 1 is 1.31 bits per heavy atom. The topological polar surface area (TPSA) is 83.9 Å². The first-order valence-corrected chi connectivity index (χ1v) is 9.49. The van der Waals surface area contributed by atoms with E-state index in [1.165, 1.54) is 7.11 Å². The zero-order chi connectivity index (χ0) is 19.5. The molecule has 146 valence electrons. The van der Waals surface area contributed by atoms with Crippen molar-refractivity contribution in [2.45, 2.75) is 18.7 Å². The maximum atomic E-state index is 13.0. The summed E-state index contributed by atoms with van der Waals surface area (Å²) in [6.45, 7) is -1.58. The summed E-state index contributed by atoms with van der Waals surface area (Å²) in [7, 11) is -2.78. The molecular formula is C16H20F3NO5S. The van der Waals surface area contributed by atoms with E-state index >= 15 is 0 Å². The maximum Gasteiger partial charge on any atom is 0.393 e. The molecule has 1 aromatic carbocycles. The van der Waals surface area contributed by atoms with Gasteiger partial charge >= 0.3 is 12.1 Å². The van der Waals surface area contributed by atoms with Crippen molar-refractivity contribution < 1.29 is 36.2 Å². The van der Waals surface area contributed by atoms with Gasteiger partial charge in [0, 0.05) is 20.2 Å². The van der Waals surface area contributed by atoms with E-state index in [0.717, 1.165) is 5.56 Å². The van der Waals surface area contributed by atoms with Gasteiger partial charge in [0.05, 0.1) is 23.7 Å². The van der Waals surface area contributed by atoms with Gasteiger partial charge in [0.1, 0.15) is 0 Å². The average Bonchev–Trinajstić information content (AvgIpc) is 3.02. The fourth-order valence-electron chi connectivity index (χ4n) is 3.00. The first kappa shape index (κ1) is 20.7. The zero-order valence-corrected chi connectivity index (χ0v) is 14.8. The van der Waals surface area contributed by atoms with Crippen LogP contribution in [0.1, 0.15) is 5.56 Å². The van der Waals surface area contributed by atoms with E-state index in [1.54, 1.807) is 30.3 Å². The summed E-state index contributed by atoms with van der Waals surface area (Å²) in [5.74, 6) is -6.20. The molecule has 0 saturated carbocycles. The summed E-state index contributed by atoms with van der Waals surface area (Å²) in [6.07, 6.45) is -5.26. The van der Waals surface area contributed by atoms with Gasteiger partial charge in [0.2, 0.25) is 10.0 Å². The second-order valence-electron chi connectivity index (χ2n) is 6.24. The SMILES string of the molecule is COC(Cc1ccccc1)CS(=O)(=O)N1C[C@@H](C(F)(F)F)[C@H](C(=O)O)C1. The van der Waals surface area contributed by atoms with Gasteiger partial charge in [0.15, 0.2) is 0 Å². The molecule has 1 aliphatic heterocycles. The summed E-state index contributed by atoms with van der Waals surface area (Å²) in [4.78, 5) is 11.1. The molecule has 1 N–H and O–H groups in total. The van der Waals surface area contributed by atoms with Gasteiger partial charge in [-0.25, -0.2) is 12.7 Å². The number of nitrogens with zero attached hydrogens (tertiary/aromatic N) is 1. The monoisotopic (exact) mass is 395 g/mol. The third kappa shape index (κ3) is 4.95. The van der Waals surface area contributed by atoms with E-state index < -0.39 is 59.0 Å². The normalized spacial score (nSPS) is 23.1. The van der Waals surface area contributed by atoms with E-state index in [9.17, 15) is 26.4 Å². The number of methoxy groups -OCH3 is 1. The zero-order valence-electron chi connectivity index (χ0n) is 14.0. The summed E-state index contributed by atoms with van der Waals surface area (Å²) in [5, 5.41) is 9.01. The molecule has 6 nitrogen and oxygen atoms in total. The highest BCUT2D eigenvalue weighted by Crippen LogP contribution is 2.38. The molecule has 1 fully saturated rings. The van der Waals surface area contributed by atoms with Gasteiger partial charge in [-0.15, -0.1) is 0 Å². The number of hydrogen-bond donors (Lipinski definition) is 1. The molecule has 26 heavy (non-hydrogen) atoms. The lowest BCUT2D eigenvalue weighted by Crippen LogP contribution is -2.37. The first-order chi connectivity index (χ1) is 12.0. The average molecular weight is 395 g/mol. The predicted octanol–water partition coefficient (Wildman–Crippen LogP) is 1.77. The Kier molecular flexibility index (Phi) is 6.30. The standard InChI is InChI=1S/C16H20F3NO5S/c1-25-12(7-11-5-3-2-4-6-11)10-26(23,24)20-8-13(15(21)22)14(9-20)16(17,18)19/h2-6,12-14H,7-10H2,1H3,(H,21,22)/t12?,13-,14-/m1/s1. The fourth-order valence-corrected chi connectivity index (χ4v) is 4.71. The molecular weight excluding hydrogens is 375 g/mol. The minimum atomic E-state index is -4.78. The highest BCUT2D eigenvalue weighted by molar-refractivity contribution is 7.89. The third-order valence-corrected chi connectivity index (χ3v) is 6.33. The van der Waals surface area contributed by atoms with E-state index in [1.807, 2.05) is 0 Å². The lowest BCUT2D eigenvalue weighted by Gasteiger charge is -2.21. The molecule has 0 spiro atoms. The Labute approximate surface area is 149 Å². The van der Waals surface area contributed by atoms with Gasteiger partial charge in [-0.05, 0) is 12.0 Å². The van der Waals surface area contributed by atoms with Crippen LogP contribution in [0, 0.1) is 11.8 Å². The molecule has 1 aromatic rings. The molecule has 1 unspecified atom stereocenters. The quantitative estimate of drug-likeness (QED) is 0.761. The van der Waals surface area contributed by atoms with Gasteiger partial charge in [-0.3, -0.25) is 4.79 Å². The van der Waals surface area contributed by atoms with E-state index in [4.69, 9.17) is 9.84 Å².